The molecule has 162 valence electrons. The molecule has 0 aliphatic carbocycles. The molecular formula is C25H39NO3. The van der Waals surface area contributed by atoms with E-state index in [9.17, 15) is 5.21 Å². The highest BCUT2D eigenvalue weighted by molar-refractivity contribution is 5.82. The molecule has 1 aromatic carbocycles. The number of aryl methyl sites for hydroxylation is 1. The first-order chi connectivity index (χ1) is 14.2. The minimum Gasteiger partial charge on any atom is -0.615 e. The lowest BCUT2D eigenvalue weighted by molar-refractivity contribution is -0.585. The molecule has 0 atom stereocenters. The molecule has 2 aromatic rings. The molecular weight excluding hydrogens is 362 g/mol. The van der Waals surface area contributed by atoms with Crippen LogP contribution < -0.4 is 14.2 Å². The predicted molar refractivity (Wildman–Crippen MR) is 121 cm³/mol. The maximum atomic E-state index is 13.1. The van der Waals surface area contributed by atoms with Crippen molar-refractivity contribution in [3.05, 3.63) is 35.0 Å². The standard InChI is InChI=1S/C25H39NO3/c1-4-7-10-14-19-28-24-22(16-9-6-3)21-17-12-13-18-23(21)26(27)25(24)29-20-15-11-8-5-2/h12-13,17-18H,4-11,14-16,19-20H2,1-3H3. The molecule has 0 aliphatic heterocycles. The molecule has 29 heavy (non-hydrogen) atoms. The molecule has 1 aromatic heterocycles. The zero-order valence-electron chi connectivity index (χ0n) is 18.7. The summed E-state index contributed by atoms with van der Waals surface area (Å²) in [6, 6.07) is 7.82. The largest absolute Gasteiger partial charge is 0.615 e. The Bertz CT molecular complexity index is 730. The molecule has 0 bridgehead atoms. The van der Waals surface area contributed by atoms with E-state index in [1.165, 1.54) is 25.7 Å². The van der Waals surface area contributed by atoms with Crippen LogP contribution in [0.15, 0.2) is 24.3 Å². The van der Waals surface area contributed by atoms with Crippen molar-refractivity contribution in [2.45, 2.75) is 91.4 Å². The van der Waals surface area contributed by atoms with Crippen molar-refractivity contribution in [1.82, 2.24) is 0 Å². The number of para-hydroxylation sites is 1. The summed E-state index contributed by atoms with van der Waals surface area (Å²) in [6.07, 6.45) is 12.1. The number of aromatic nitrogens is 1. The molecule has 0 aliphatic rings. The summed E-state index contributed by atoms with van der Waals surface area (Å²) < 4.78 is 13.2. The van der Waals surface area contributed by atoms with Gasteiger partial charge >= 0.3 is 5.88 Å². The van der Waals surface area contributed by atoms with Gasteiger partial charge in [-0.3, -0.25) is 0 Å². The first kappa shape index (κ1) is 23.3. The Morgan fingerprint density at radius 1 is 0.759 bits per heavy atom. The van der Waals surface area contributed by atoms with Gasteiger partial charge in [-0.2, -0.15) is 0 Å². The van der Waals surface area contributed by atoms with Crippen molar-refractivity contribution in [2.75, 3.05) is 13.2 Å². The van der Waals surface area contributed by atoms with Gasteiger partial charge in [0.2, 0.25) is 11.3 Å². The quantitative estimate of drug-likeness (QED) is 0.189. The van der Waals surface area contributed by atoms with Crippen LogP contribution in [0.2, 0.25) is 0 Å². The van der Waals surface area contributed by atoms with Crippen molar-refractivity contribution in [3.8, 4) is 11.6 Å². The number of fused-ring (bicyclic) bond motifs is 1. The molecule has 2 rings (SSSR count). The van der Waals surface area contributed by atoms with E-state index in [-0.39, 0.29) is 0 Å². The van der Waals surface area contributed by atoms with Gasteiger partial charge in [-0.25, -0.2) is 0 Å². The van der Waals surface area contributed by atoms with Crippen LogP contribution in [0, 0.1) is 5.21 Å². The maximum Gasteiger partial charge on any atom is 0.423 e. The van der Waals surface area contributed by atoms with Crippen LogP contribution in [-0.2, 0) is 6.42 Å². The van der Waals surface area contributed by atoms with Gasteiger partial charge in [0.1, 0.15) is 0 Å². The summed E-state index contributed by atoms with van der Waals surface area (Å²) in [5, 5.41) is 14.1. The lowest BCUT2D eigenvalue weighted by Gasteiger charge is -2.18. The summed E-state index contributed by atoms with van der Waals surface area (Å²) >= 11 is 0. The fourth-order valence-corrected chi connectivity index (χ4v) is 3.63. The molecule has 0 fully saturated rings. The first-order valence-corrected chi connectivity index (χ1v) is 11.7. The van der Waals surface area contributed by atoms with Crippen LogP contribution in [0.25, 0.3) is 10.9 Å². The van der Waals surface area contributed by atoms with E-state index in [0.29, 0.717) is 30.4 Å². The number of pyridine rings is 1. The van der Waals surface area contributed by atoms with Crippen LogP contribution in [0.3, 0.4) is 0 Å². The minimum absolute atomic E-state index is 0.349. The number of hydrogen-bond donors (Lipinski definition) is 0. The number of unbranched alkanes of at least 4 members (excludes halogenated alkanes) is 7. The third-order valence-electron chi connectivity index (χ3n) is 5.36. The molecule has 0 saturated heterocycles. The fourth-order valence-electron chi connectivity index (χ4n) is 3.63. The summed E-state index contributed by atoms with van der Waals surface area (Å²) in [4.78, 5) is 0. The number of benzene rings is 1. The Balaban J connectivity index is 2.33. The molecule has 0 radical (unpaired) electrons. The van der Waals surface area contributed by atoms with Crippen LogP contribution in [-0.4, -0.2) is 13.2 Å². The van der Waals surface area contributed by atoms with Gasteiger partial charge in [0.25, 0.3) is 0 Å². The maximum absolute atomic E-state index is 13.1. The molecule has 0 unspecified atom stereocenters. The van der Waals surface area contributed by atoms with Gasteiger partial charge in [-0.1, -0.05) is 77.8 Å². The first-order valence-electron chi connectivity index (χ1n) is 11.7. The number of hydrogen-bond acceptors (Lipinski definition) is 3. The van der Waals surface area contributed by atoms with Crippen molar-refractivity contribution in [1.29, 1.82) is 0 Å². The van der Waals surface area contributed by atoms with Crippen molar-refractivity contribution < 1.29 is 14.2 Å². The normalized spacial score (nSPS) is 11.1. The molecule has 0 N–H and O–H groups in total. The van der Waals surface area contributed by atoms with E-state index in [1.807, 2.05) is 24.3 Å². The van der Waals surface area contributed by atoms with Gasteiger partial charge in [-0.15, -0.1) is 4.73 Å². The summed E-state index contributed by atoms with van der Waals surface area (Å²) in [5.74, 6) is 1.01. The van der Waals surface area contributed by atoms with E-state index in [1.54, 1.807) is 0 Å². The van der Waals surface area contributed by atoms with Gasteiger partial charge < -0.3 is 14.7 Å². The third-order valence-corrected chi connectivity index (χ3v) is 5.36. The van der Waals surface area contributed by atoms with E-state index in [0.717, 1.165) is 60.6 Å². The number of ether oxygens (including phenoxy) is 2. The van der Waals surface area contributed by atoms with Crippen LogP contribution in [0.5, 0.6) is 11.6 Å². The second-order valence-corrected chi connectivity index (χ2v) is 7.85. The number of nitrogens with zero attached hydrogens (tertiary/aromatic N) is 1. The van der Waals surface area contributed by atoms with Crippen LogP contribution >= 0.6 is 0 Å². The Hall–Kier alpha value is -1.97. The topological polar surface area (TPSA) is 45.4 Å². The van der Waals surface area contributed by atoms with Crippen molar-refractivity contribution in [3.63, 3.8) is 0 Å². The molecule has 0 spiro atoms. The van der Waals surface area contributed by atoms with Gasteiger partial charge in [0.15, 0.2) is 0 Å². The second kappa shape index (κ2) is 13.3. The minimum atomic E-state index is 0.349. The third kappa shape index (κ3) is 6.80. The highest BCUT2D eigenvalue weighted by atomic mass is 16.6. The summed E-state index contributed by atoms with van der Waals surface area (Å²) in [6.45, 7) is 7.77. The number of rotatable bonds is 15. The molecule has 4 nitrogen and oxygen atoms in total. The Kier molecular flexibility index (Phi) is 10.7. The lowest BCUT2D eigenvalue weighted by Crippen LogP contribution is -2.32. The van der Waals surface area contributed by atoms with Gasteiger partial charge in [-0.05, 0) is 31.7 Å². The SMILES string of the molecule is CCCCCCOc1c(CCCC)c2ccccc2[n+]([O-])c1OCCCCCC. The Labute approximate surface area is 176 Å². The van der Waals surface area contributed by atoms with Gasteiger partial charge in [0.05, 0.1) is 18.6 Å². The highest BCUT2D eigenvalue weighted by Gasteiger charge is 2.26. The van der Waals surface area contributed by atoms with Crippen LogP contribution in [0.4, 0.5) is 0 Å². The van der Waals surface area contributed by atoms with Crippen molar-refractivity contribution in [2.24, 2.45) is 0 Å². The zero-order valence-corrected chi connectivity index (χ0v) is 18.7. The fraction of sp³-hybridized carbons (Fsp3) is 0.640. The predicted octanol–water partition coefficient (Wildman–Crippen LogP) is 6.73. The molecule has 1 heterocycles. The summed E-state index contributed by atoms with van der Waals surface area (Å²) in [7, 11) is 0. The average molecular weight is 402 g/mol. The van der Waals surface area contributed by atoms with Crippen LogP contribution in [0.1, 0.15) is 90.5 Å². The molecule has 4 heteroatoms. The summed E-state index contributed by atoms with van der Waals surface area (Å²) in [5.41, 5.74) is 1.79. The van der Waals surface area contributed by atoms with E-state index >= 15 is 0 Å². The second-order valence-electron chi connectivity index (χ2n) is 7.85. The Morgan fingerprint density at radius 3 is 2.03 bits per heavy atom. The van der Waals surface area contributed by atoms with Gasteiger partial charge in [0, 0.05) is 11.6 Å². The highest BCUT2D eigenvalue weighted by Crippen LogP contribution is 2.35. The lowest BCUT2D eigenvalue weighted by atomic mass is 10.0. The monoisotopic (exact) mass is 401 g/mol. The smallest absolute Gasteiger partial charge is 0.423 e. The molecule has 0 amide bonds. The van der Waals surface area contributed by atoms with E-state index < -0.39 is 0 Å². The average Bonchev–Trinajstić information content (AvgIpc) is 2.74. The molecule has 0 saturated carbocycles. The zero-order chi connectivity index (χ0) is 20.9. The van der Waals surface area contributed by atoms with E-state index in [4.69, 9.17) is 9.47 Å². The van der Waals surface area contributed by atoms with Crippen molar-refractivity contribution >= 4 is 10.9 Å². The Morgan fingerprint density at radius 2 is 1.38 bits per heavy atom. The van der Waals surface area contributed by atoms with E-state index in [2.05, 4.69) is 20.8 Å².